The largest absolute Gasteiger partial charge is 0.288 e. The van der Waals surface area contributed by atoms with Crippen molar-refractivity contribution in [3.05, 3.63) is 0 Å². The molecule has 2 heteroatoms. The third-order valence-corrected chi connectivity index (χ3v) is 1.09. The molecular formula is C7H10OS. The molecule has 0 aromatic heterocycles. The smallest absolute Gasteiger partial charge is 0.185 e. The van der Waals surface area contributed by atoms with Gasteiger partial charge in [0.15, 0.2) is 5.12 Å². The van der Waals surface area contributed by atoms with Crippen LogP contribution in [0.5, 0.6) is 0 Å². The van der Waals surface area contributed by atoms with Crippen molar-refractivity contribution in [1.29, 1.82) is 0 Å². The van der Waals surface area contributed by atoms with Crippen molar-refractivity contribution in [1.82, 2.24) is 0 Å². The lowest BCUT2D eigenvalue weighted by molar-refractivity contribution is -0.110. The van der Waals surface area contributed by atoms with Crippen LogP contribution in [0.4, 0.5) is 0 Å². The van der Waals surface area contributed by atoms with Gasteiger partial charge in [-0.3, -0.25) is 4.79 Å². The van der Waals surface area contributed by atoms with E-state index in [4.69, 9.17) is 0 Å². The monoisotopic (exact) mass is 142 g/mol. The second-order valence-corrected chi connectivity index (χ2v) is 2.17. The molecule has 0 N–H and O–H groups in total. The van der Waals surface area contributed by atoms with E-state index in [1.54, 1.807) is 6.92 Å². The Bertz CT molecular complexity index is 141. The molecule has 0 aromatic carbocycles. The minimum absolute atomic E-state index is 0.0482. The molecule has 9 heavy (non-hydrogen) atoms. The van der Waals surface area contributed by atoms with Crippen molar-refractivity contribution in [3.8, 4) is 11.8 Å². The molecule has 0 aliphatic heterocycles. The number of carbonyl (C=O) groups excluding carboxylic acids is 1. The summed E-state index contributed by atoms with van der Waals surface area (Å²) in [6, 6.07) is 0. The molecule has 0 unspecified atom stereocenters. The maximum atomic E-state index is 10.2. The van der Waals surface area contributed by atoms with Gasteiger partial charge in [-0.1, -0.05) is 0 Å². The summed E-state index contributed by atoms with van der Waals surface area (Å²) in [5.41, 5.74) is 0. The topological polar surface area (TPSA) is 17.1 Å². The van der Waals surface area contributed by atoms with Gasteiger partial charge in [0.1, 0.15) is 0 Å². The predicted octanol–water partition coefficient (Wildman–Crippen LogP) is 1.64. The van der Waals surface area contributed by atoms with Crippen molar-refractivity contribution in [2.75, 3.05) is 0 Å². The van der Waals surface area contributed by atoms with Gasteiger partial charge in [-0.25, -0.2) is 0 Å². The van der Waals surface area contributed by atoms with E-state index in [-0.39, 0.29) is 5.12 Å². The number of thiol groups is 1. The van der Waals surface area contributed by atoms with Gasteiger partial charge in [0, 0.05) is 12.8 Å². The Kier molecular flexibility index (Phi) is 5.45. The normalized spacial score (nSPS) is 7.78. The van der Waals surface area contributed by atoms with Crippen molar-refractivity contribution in [2.45, 2.75) is 26.2 Å². The molecule has 0 bridgehead atoms. The standard InChI is InChI=1S/C7H10OS/c1-2-3-4-5-6-7(8)9/h4-6H2,1H3,(H,8,9). The van der Waals surface area contributed by atoms with Crippen LogP contribution < -0.4 is 0 Å². The van der Waals surface area contributed by atoms with Crippen molar-refractivity contribution < 1.29 is 4.79 Å². The van der Waals surface area contributed by atoms with Gasteiger partial charge in [-0.15, -0.1) is 24.5 Å². The average molecular weight is 142 g/mol. The lowest BCUT2D eigenvalue weighted by Gasteiger charge is -1.86. The maximum absolute atomic E-state index is 10.2. The summed E-state index contributed by atoms with van der Waals surface area (Å²) in [4.78, 5) is 10.2. The quantitative estimate of drug-likeness (QED) is 0.360. The lowest BCUT2D eigenvalue weighted by atomic mass is 10.2. The van der Waals surface area contributed by atoms with Gasteiger partial charge < -0.3 is 0 Å². The molecular weight excluding hydrogens is 132 g/mol. The highest BCUT2D eigenvalue weighted by molar-refractivity contribution is 7.96. The van der Waals surface area contributed by atoms with Crippen LogP contribution >= 0.6 is 12.6 Å². The molecule has 0 aliphatic carbocycles. The van der Waals surface area contributed by atoms with Gasteiger partial charge in [-0.2, -0.15) is 0 Å². The minimum Gasteiger partial charge on any atom is -0.288 e. The summed E-state index contributed by atoms with van der Waals surface area (Å²) >= 11 is 3.61. The Morgan fingerprint density at radius 3 is 2.78 bits per heavy atom. The molecule has 0 atom stereocenters. The number of hydrogen-bond acceptors (Lipinski definition) is 1. The lowest BCUT2D eigenvalue weighted by Crippen LogP contribution is -1.83. The minimum atomic E-state index is -0.0482. The first-order valence-corrected chi connectivity index (χ1v) is 3.33. The molecule has 0 aromatic rings. The number of hydrogen-bond donors (Lipinski definition) is 1. The van der Waals surface area contributed by atoms with Crippen molar-refractivity contribution >= 4 is 17.7 Å². The SMILES string of the molecule is CC#CCCCC(=O)S. The zero-order valence-corrected chi connectivity index (χ0v) is 6.37. The Balaban J connectivity index is 3.07. The van der Waals surface area contributed by atoms with E-state index >= 15 is 0 Å². The molecule has 0 spiro atoms. The average Bonchev–Trinajstić information content (AvgIpc) is 1.80. The fraction of sp³-hybridized carbons (Fsp3) is 0.571. The van der Waals surface area contributed by atoms with Crippen LogP contribution in [-0.4, -0.2) is 5.12 Å². The third-order valence-electron chi connectivity index (χ3n) is 0.869. The fourth-order valence-corrected chi connectivity index (χ4v) is 0.611. The molecule has 0 radical (unpaired) electrons. The highest BCUT2D eigenvalue weighted by Gasteiger charge is 1.90. The summed E-state index contributed by atoms with van der Waals surface area (Å²) in [6.07, 6.45) is 2.18. The molecule has 0 saturated heterocycles. The van der Waals surface area contributed by atoms with Crippen LogP contribution in [0.1, 0.15) is 26.2 Å². The summed E-state index contributed by atoms with van der Waals surface area (Å²) < 4.78 is 0. The van der Waals surface area contributed by atoms with Crippen molar-refractivity contribution in [2.24, 2.45) is 0 Å². The van der Waals surface area contributed by atoms with Gasteiger partial charge >= 0.3 is 0 Å². The number of rotatable bonds is 3. The Labute approximate surface area is 61.2 Å². The number of unbranched alkanes of at least 4 members (excludes halogenated alkanes) is 1. The first-order chi connectivity index (χ1) is 4.27. The highest BCUT2D eigenvalue weighted by Crippen LogP contribution is 1.96. The van der Waals surface area contributed by atoms with E-state index in [9.17, 15) is 4.79 Å². The van der Waals surface area contributed by atoms with Crippen LogP contribution in [0.2, 0.25) is 0 Å². The second-order valence-electron chi connectivity index (χ2n) is 1.67. The van der Waals surface area contributed by atoms with Crippen molar-refractivity contribution in [3.63, 3.8) is 0 Å². The van der Waals surface area contributed by atoms with E-state index < -0.39 is 0 Å². The molecule has 0 amide bonds. The molecule has 1 nitrogen and oxygen atoms in total. The van der Waals surface area contributed by atoms with Crippen LogP contribution in [-0.2, 0) is 4.79 Å². The van der Waals surface area contributed by atoms with Gasteiger partial charge in [0.2, 0.25) is 0 Å². The molecule has 0 fully saturated rings. The third kappa shape index (κ3) is 7.58. The maximum Gasteiger partial charge on any atom is 0.185 e. The molecule has 0 rings (SSSR count). The van der Waals surface area contributed by atoms with Gasteiger partial charge in [0.05, 0.1) is 0 Å². The molecule has 50 valence electrons. The van der Waals surface area contributed by atoms with E-state index in [1.807, 2.05) is 0 Å². The first-order valence-electron chi connectivity index (χ1n) is 2.88. The molecule has 0 saturated carbocycles. The zero-order chi connectivity index (χ0) is 7.11. The highest BCUT2D eigenvalue weighted by atomic mass is 32.1. The van der Waals surface area contributed by atoms with Gasteiger partial charge in [0.25, 0.3) is 0 Å². The van der Waals surface area contributed by atoms with Crippen LogP contribution in [0.15, 0.2) is 0 Å². The van der Waals surface area contributed by atoms with E-state index in [1.165, 1.54) is 0 Å². The van der Waals surface area contributed by atoms with E-state index in [0.29, 0.717) is 6.42 Å². The van der Waals surface area contributed by atoms with E-state index in [2.05, 4.69) is 24.5 Å². The van der Waals surface area contributed by atoms with Crippen LogP contribution in [0.25, 0.3) is 0 Å². The van der Waals surface area contributed by atoms with Crippen LogP contribution in [0.3, 0.4) is 0 Å². The summed E-state index contributed by atoms with van der Waals surface area (Å²) in [5, 5.41) is -0.0482. The Hall–Kier alpha value is -0.420. The summed E-state index contributed by atoms with van der Waals surface area (Å²) in [7, 11) is 0. The first kappa shape index (κ1) is 8.58. The zero-order valence-electron chi connectivity index (χ0n) is 5.48. The summed E-state index contributed by atoms with van der Waals surface area (Å²) in [5.74, 6) is 5.62. The Morgan fingerprint density at radius 2 is 2.33 bits per heavy atom. The second kappa shape index (κ2) is 5.71. The Morgan fingerprint density at radius 1 is 1.67 bits per heavy atom. The summed E-state index contributed by atoms with van der Waals surface area (Å²) in [6.45, 7) is 1.79. The number of carbonyl (C=O) groups is 1. The molecule has 0 heterocycles. The molecule has 0 aliphatic rings. The van der Waals surface area contributed by atoms with Crippen LogP contribution in [0, 0.1) is 11.8 Å². The van der Waals surface area contributed by atoms with Gasteiger partial charge in [-0.05, 0) is 13.3 Å². The predicted molar refractivity (Wildman–Crippen MR) is 41.3 cm³/mol. The van der Waals surface area contributed by atoms with E-state index in [0.717, 1.165) is 12.8 Å². The fourth-order valence-electron chi connectivity index (χ4n) is 0.453.